The van der Waals surface area contributed by atoms with Gasteiger partial charge in [-0.25, -0.2) is 4.31 Å². The van der Waals surface area contributed by atoms with E-state index in [1.54, 1.807) is 55.6 Å². The molecule has 202 valence electrons. The fourth-order valence-corrected chi connectivity index (χ4v) is 5.06. The number of carbonyl (C=O) groups is 2. The molecule has 0 saturated heterocycles. The lowest BCUT2D eigenvalue weighted by molar-refractivity contribution is -0.139. The first-order chi connectivity index (χ1) is 18.2. The molecule has 0 saturated carbocycles. The van der Waals surface area contributed by atoms with Crippen LogP contribution < -0.4 is 14.4 Å². The maximum absolute atomic E-state index is 14.0. The third-order valence-electron chi connectivity index (χ3n) is 6.07. The van der Waals surface area contributed by atoms with Gasteiger partial charge < -0.3 is 15.0 Å². The molecule has 0 aliphatic rings. The summed E-state index contributed by atoms with van der Waals surface area (Å²) in [5.74, 6) is -0.269. The summed E-state index contributed by atoms with van der Waals surface area (Å²) in [6, 6.07) is 24.1. The maximum Gasteiger partial charge on any atom is 0.304 e. The van der Waals surface area contributed by atoms with Gasteiger partial charge in [0.25, 0.3) is 0 Å². The largest absolute Gasteiger partial charge is 0.497 e. The molecule has 0 unspecified atom stereocenters. The Morgan fingerprint density at radius 3 is 2.08 bits per heavy atom. The molecule has 0 heterocycles. The standard InChI is InChI=1S/C28H34N4O5S/c1-29-28(34)26(19-22-12-7-5-8-13-22)31(20-23-14-11-17-25(18-23)37-4)27(33)21-32(38(35,36)30(2)3)24-15-9-6-10-16-24/h5-18,26H,19-21H2,1-4H3,(H,29,34)/t26-/m1/s1. The Hall–Kier alpha value is -3.89. The number of carbonyl (C=O) groups excluding carboxylic acids is 2. The van der Waals surface area contributed by atoms with Crippen molar-refractivity contribution in [2.24, 2.45) is 0 Å². The van der Waals surface area contributed by atoms with Crippen molar-refractivity contribution < 1.29 is 22.7 Å². The number of benzene rings is 3. The van der Waals surface area contributed by atoms with Gasteiger partial charge in [-0.15, -0.1) is 0 Å². The Morgan fingerprint density at radius 1 is 0.895 bits per heavy atom. The summed E-state index contributed by atoms with van der Waals surface area (Å²) in [6.07, 6.45) is 0.252. The normalized spacial score (nSPS) is 12.0. The van der Waals surface area contributed by atoms with E-state index in [4.69, 9.17) is 4.74 Å². The zero-order chi connectivity index (χ0) is 27.7. The summed E-state index contributed by atoms with van der Waals surface area (Å²) in [6.45, 7) is -0.414. The number of anilines is 1. The highest BCUT2D eigenvalue weighted by molar-refractivity contribution is 7.90. The van der Waals surface area contributed by atoms with Crippen LogP contribution in [-0.4, -0.2) is 70.3 Å². The van der Waals surface area contributed by atoms with Crippen molar-refractivity contribution in [1.82, 2.24) is 14.5 Å². The molecular formula is C28H34N4O5S. The van der Waals surface area contributed by atoms with Crippen LogP contribution in [-0.2, 0) is 32.8 Å². The molecule has 9 nitrogen and oxygen atoms in total. The summed E-state index contributed by atoms with van der Waals surface area (Å²) in [5.41, 5.74) is 1.95. The number of ether oxygens (including phenoxy) is 1. The van der Waals surface area contributed by atoms with Crippen molar-refractivity contribution in [1.29, 1.82) is 0 Å². The lowest BCUT2D eigenvalue weighted by atomic mass is 10.0. The molecule has 3 rings (SSSR count). The lowest BCUT2D eigenvalue weighted by Crippen LogP contribution is -2.53. The van der Waals surface area contributed by atoms with Crippen LogP contribution in [0.3, 0.4) is 0 Å². The second-order valence-electron chi connectivity index (χ2n) is 8.83. The third-order valence-corrected chi connectivity index (χ3v) is 7.89. The van der Waals surface area contributed by atoms with Crippen LogP contribution in [0, 0.1) is 0 Å². The molecule has 3 aromatic carbocycles. The van der Waals surface area contributed by atoms with Crippen molar-refractivity contribution in [3.05, 3.63) is 96.1 Å². The van der Waals surface area contributed by atoms with E-state index in [0.717, 1.165) is 19.7 Å². The molecule has 0 bridgehead atoms. The Bertz CT molecular complexity index is 1320. The average Bonchev–Trinajstić information content (AvgIpc) is 2.94. The molecule has 1 N–H and O–H groups in total. The number of methoxy groups -OCH3 is 1. The van der Waals surface area contributed by atoms with Gasteiger partial charge in [-0.05, 0) is 35.4 Å². The topological polar surface area (TPSA) is 99.3 Å². The quantitative estimate of drug-likeness (QED) is 0.382. The van der Waals surface area contributed by atoms with E-state index < -0.39 is 28.7 Å². The number of para-hydroxylation sites is 1. The van der Waals surface area contributed by atoms with Crippen molar-refractivity contribution in [2.75, 3.05) is 39.1 Å². The van der Waals surface area contributed by atoms with E-state index in [1.807, 2.05) is 36.4 Å². The summed E-state index contributed by atoms with van der Waals surface area (Å²) in [7, 11) is 1.87. The zero-order valence-corrected chi connectivity index (χ0v) is 22.9. The summed E-state index contributed by atoms with van der Waals surface area (Å²) < 4.78 is 34.0. The first kappa shape index (κ1) is 28.7. The Kier molecular flexibility index (Phi) is 9.86. The zero-order valence-electron chi connectivity index (χ0n) is 22.1. The number of likely N-dealkylation sites (N-methyl/N-ethyl adjacent to an activating group) is 1. The molecule has 0 aliphatic heterocycles. The predicted octanol–water partition coefficient (Wildman–Crippen LogP) is 2.69. The molecule has 3 aromatic rings. The number of hydrogen-bond acceptors (Lipinski definition) is 5. The van der Waals surface area contributed by atoms with Crippen LogP contribution in [0.5, 0.6) is 5.75 Å². The van der Waals surface area contributed by atoms with Crippen LogP contribution in [0.4, 0.5) is 5.69 Å². The summed E-state index contributed by atoms with van der Waals surface area (Å²) in [4.78, 5) is 28.6. The smallest absolute Gasteiger partial charge is 0.304 e. The molecule has 0 fully saturated rings. The van der Waals surface area contributed by atoms with Crippen LogP contribution >= 0.6 is 0 Å². The molecule has 10 heteroatoms. The number of amides is 2. The van der Waals surface area contributed by atoms with Crippen LogP contribution in [0.25, 0.3) is 0 Å². The van der Waals surface area contributed by atoms with E-state index in [2.05, 4.69) is 5.32 Å². The van der Waals surface area contributed by atoms with E-state index in [0.29, 0.717) is 11.4 Å². The molecule has 2 amide bonds. The molecule has 0 spiro atoms. The van der Waals surface area contributed by atoms with Gasteiger partial charge in [0, 0.05) is 34.1 Å². The molecule has 1 atom stereocenters. The van der Waals surface area contributed by atoms with Crippen LogP contribution in [0.1, 0.15) is 11.1 Å². The highest BCUT2D eigenvalue weighted by Crippen LogP contribution is 2.22. The predicted molar refractivity (Wildman–Crippen MR) is 148 cm³/mol. The molecule has 38 heavy (non-hydrogen) atoms. The van der Waals surface area contributed by atoms with Crippen LogP contribution in [0.15, 0.2) is 84.9 Å². The van der Waals surface area contributed by atoms with Crippen molar-refractivity contribution in [2.45, 2.75) is 19.0 Å². The monoisotopic (exact) mass is 538 g/mol. The van der Waals surface area contributed by atoms with Gasteiger partial charge in [-0.1, -0.05) is 60.7 Å². The number of nitrogens with zero attached hydrogens (tertiary/aromatic N) is 3. The first-order valence-corrected chi connectivity index (χ1v) is 13.5. The van der Waals surface area contributed by atoms with Gasteiger partial charge in [-0.2, -0.15) is 12.7 Å². The number of rotatable bonds is 12. The van der Waals surface area contributed by atoms with Crippen LogP contribution in [0.2, 0.25) is 0 Å². The third kappa shape index (κ3) is 7.11. The lowest BCUT2D eigenvalue weighted by Gasteiger charge is -2.34. The number of hydrogen-bond donors (Lipinski definition) is 1. The van der Waals surface area contributed by atoms with Gasteiger partial charge >= 0.3 is 10.2 Å². The average molecular weight is 539 g/mol. The minimum atomic E-state index is -4.02. The van der Waals surface area contributed by atoms with Crippen molar-refractivity contribution >= 4 is 27.7 Å². The van der Waals surface area contributed by atoms with Gasteiger partial charge in [0.2, 0.25) is 11.8 Å². The highest BCUT2D eigenvalue weighted by Gasteiger charge is 2.34. The second-order valence-corrected chi connectivity index (χ2v) is 10.9. The minimum Gasteiger partial charge on any atom is -0.497 e. The SMILES string of the molecule is CNC(=O)[C@@H](Cc1ccccc1)N(Cc1cccc(OC)c1)C(=O)CN(c1ccccc1)S(=O)(=O)N(C)C. The molecule has 0 aliphatic carbocycles. The summed E-state index contributed by atoms with van der Waals surface area (Å²) in [5, 5.41) is 2.66. The van der Waals surface area contributed by atoms with Gasteiger partial charge in [0.05, 0.1) is 12.8 Å². The van der Waals surface area contributed by atoms with E-state index >= 15 is 0 Å². The van der Waals surface area contributed by atoms with E-state index in [1.165, 1.54) is 26.0 Å². The highest BCUT2D eigenvalue weighted by atomic mass is 32.2. The van der Waals surface area contributed by atoms with Gasteiger partial charge in [0.1, 0.15) is 18.3 Å². The van der Waals surface area contributed by atoms with Crippen molar-refractivity contribution in [3.8, 4) is 5.75 Å². The fourth-order valence-electron chi connectivity index (χ4n) is 4.00. The fraction of sp³-hybridized carbons (Fsp3) is 0.286. The Balaban J connectivity index is 2.06. The van der Waals surface area contributed by atoms with Gasteiger partial charge in [-0.3, -0.25) is 9.59 Å². The van der Waals surface area contributed by atoms with Gasteiger partial charge in [0.15, 0.2) is 0 Å². The van der Waals surface area contributed by atoms with E-state index in [9.17, 15) is 18.0 Å². The van der Waals surface area contributed by atoms with Crippen molar-refractivity contribution in [3.63, 3.8) is 0 Å². The molecule has 0 aromatic heterocycles. The Labute approximate surface area is 224 Å². The second kappa shape index (κ2) is 13.1. The number of nitrogens with one attached hydrogen (secondary N) is 1. The molecular weight excluding hydrogens is 504 g/mol. The minimum absolute atomic E-state index is 0.0750. The molecule has 0 radical (unpaired) electrons. The Morgan fingerprint density at radius 2 is 1.50 bits per heavy atom. The van der Waals surface area contributed by atoms with E-state index in [-0.39, 0.29) is 18.9 Å². The summed E-state index contributed by atoms with van der Waals surface area (Å²) >= 11 is 0. The first-order valence-electron chi connectivity index (χ1n) is 12.1. The maximum atomic E-state index is 14.0.